The van der Waals surface area contributed by atoms with Gasteiger partial charge < -0.3 is 0 Å². The smallest absolute Gasteiger partial charge is 0.0237 e. The highest BCUT2D eigenvalue weighted by molar-refractivity contribution is 5.39. The quantitative estimate of drug-likeness (QED) is 0.556. The zero-order valence-corrected chi connectivity index (χ0v) is 9.22. The second-order valence-electron chi connectivity index (χ2n) is 3.27. The highest BCUT2D eigenvalue weighted by atomic mass is 14.0. The van der Waals surface area contributed by atoms with Crippen LogP contribution in [0.2, 0.25) is 0 Å². The van der Waals surface area contributed by atoms with Crippen LogP contribution in [0.5, 0.6) is 0 Å². The van der Waals surface area contributed by atoms with Gasteiger partial charge in [0.25, 0.3) is 0 Å². The van der Waals surface area contributed by atoms with Crippen molar-refractivity contribution < 1.29 is 0 Å². The van der Waals surface area contributed by atoms with Crippen LogP contribution in [0, 0.1) is 0 Å². The molecule has 0 aliphatic rings. The van der Waals surface area contributed by atoms with Crippen molar-refractivity contribution >= 4 is 0 Å². The molecule has 0 unspecified atom stereocenters. The fraction of sp³-hybridized carbons (Fsp3) is 0.385. The lowest BCUT2D eigenvalue weighted by atomic mass is 10.1. The van der Waals surface area contributed by atoms with Gasteiger partial charge >= 0.3 is 0 Å². The molecule has 0 spiro atoms. The normalized spacial score (nSPS) is 13.8. The molecule has 0 aliphatic carbocycles. The van der Waals surface area contributed by atoms with E-state index in [1.807, 2.05) is 19.9 Å². The molecule has 72 valence electrons. The molecular weight excluding hydrogens is 156 g/mol. The second kappa shape index (κ2) is 6.47. The largest absolute Gasteiger partial charge is 0.0955 e. The van der Waals surface area contributed by atoms with Crippen molar-refractivity contribution in [2.24, 2.45) is 0 Å². The van der Waals surface area contributed by atoms with Crippen LogP contribution < -0.4 is 0 Å². The molecule has 0 heteroatoms. The molecule has 0 aromatic carbocycles. The van der Waals surface area contributed by atoms with Crippen molar-refractivity contribution in [3.8, 4) is 0 Å². The van der Waals surface area contributed by atoms with Crippen LogP contribution in [0.15, 0.2) is 47.6 Å². The fourth-order valence-electron chi connectivity index (χ4n) is 0.870. The zero-order valence-electron chi connectivity index (χ0n) is 9.22. The molecule has 13 heavy (non-hydrogen) atoms. The maximum absolute atomic E-state index is 3.93. The summed E-state index contributed by atoms with van der Waals surface area (Å²) in [7, 11) is 0. The maximum atomic E-state index is 3.93. The minimum Gasteiger partial charge on any atom is -0.0955 e. The Bertz CT molecular complexity index is 249. The Labute approximate surface area is 82.4 Å². The number of rotatable bonds is 4. The molecule has 0 rings (SSSR count). The molecule has 0 saturated carbocycles. The van der Waals surface area contributed by atoms with Gasteiger partial charge in [0.15, 0.2) is 0 Å². The first-order valence-corrected chi connectivity index (χ1v) is 4.77. The van der Waals surface area contributed by atoms with Gasteiger partial charge in [0.05, 0.1) is 0 Å². The molecule has 0 aromatic heterocycles. The van der Waals surface area contributed by atoms with Crippen molar-refractivity contribution in [1.29, 1.82) is 0 Å². The van der Waals surface area contributed by atoms with Crippen LogP contribution in [0.4, 0.5) is 0 Å². The highest BCUT2D eigenvalue weighted by Crippen LogP contribution is 2.10. The SMILES string of the molecule is C=C(C)C(C=CC)=CC=C(C)CC. The molecule has 0 saturated heterocycles. The third-order valence-corrected chi connectivity index (χ3v) is 1.94. The molecular formula is C13H20. The average molecular weight is 176 g/mol. The van der Waals surface area contributed by atoms with Crippen molar-refractivity contribution in [3.63, 3.8) is 0 Å². The number of hydrogen-bond donors (Lipinski definition) is 0. The van der Waals surface area contributed by atoms with E-state index in [4.69, 9.17) is 0 Å². The van der Waals surface area contributed by atoms with E-state index in [-0.39, 0.29) is 0 Å². The Hall–Kier alpha value is -1.04. The summed E-state index contributed by atoms with van der Waals surface area (Å²) < 4.78 is 0. The van der Waals surface area contributed by atoms with Gasteiger partial charge in [-0.15, -0.1) is 0 Å². The molecule has 0 N–H and O–H groups in total. The van der Waals surface area contributed by atoms with E-state index in [1.165, 1.54) is 11.1 Å². The minimum atomic E-state index is 1.11. The summed E-state index contributed by atoms with van der Waals surface area (Å²) in [5, 5.41) is 0. The van der Waals surface area contributed by atoms with Gasteiger partial charge in [-0.05, 0) is 32.8 Å². The minimum absolute atomic E-state index is 1.11. The molecule has 0 bridgehead atoms. The standard InChI is InChI=1S/C13H20/c1-6-8-13(11(3)4)10-9-12(5)7-2/h6,8-10H,3,7H2,1-2,4-5H3. The van der Waals surface area contributed by atoms with Crippen molar-refractivity contribution in [1.82, 2.24) is 0 Å². The summed E-state index contributed by atoms with van der Waals surface area (Å²) in [6, 6.07) is 0. The van der Waals surface area contributed by atoms with Crippen LogP contribution in [-0.2, 0) is 0 Å². The summed E-state index contributed by atoms with van der Waals surface area (Å²) in [5.41, 5.74) is 3.71. The number of hydrogen-bond acceptors (Lipinski definition) is 0. The Morgan fingerprint density at radius 2 is 1.85 bits per heavy atom. The Balaban J connectivity index is 4.64. The van der Waals surface area contributed by atoms with Gasteiger partial charge in [0, 0.05) is 0 Å². The van der Waals surface area contributed by atoms with E-state index in [1.54, 1.807) is 0 Å². The lowest BCUT2D eigenvalue weighted by molar-refractivity contribution is 1.10. The molecule has 0 heterocycles. The molecule has 0 fully saturated rings. The summed E-state index contributed by atoms with van der Waals surface area (Å²) >= 11 is 0. The summed E-state index contributed by atoms with van der Waals surface area (Å²) in [6.45, 7) is 12.3. The van der Waals surface area contributed by atoms with Gasteiger partial charge in [-0.3, -0.25) is 0 Å². The van der Waals surface area contributed by atoms with Crippen molar-refractivity contribution in [2.45, 2.75) is 34.1 Å². The van der Waals surface area contributed by atoms with E-state index in [9.17, 15) is 0 Å². The maximum Gasteiger partial charge on any atom is -0.0237 e. The van der Waals surface area contributed by atoms with Crippen LogP contribution >= 0.6 is 0 Å². The van der Waals surface area contributed by atoms with Crippen LogP contribution in [0.1, 0.15) is 34.1 Å². The van der Waals surface area contributed by atoms with Crippen molar-refractivity contribution in [2.75, 3.05) is 0 Å². The highest BCUT2D eigenvalue weighted by Gasteiger charge is 1.90. The van der Waals surface area contributed by atoms with Gasteiger partial charge in [-0.1, -0.05) is 49.0 Å². The molecule has 0 aliphatic heterocycles. The van der Waals surface area contributed by atoms with Gasteiger partial charge in [0.1, 0.15) is 0 Å². The Morgan fingerprint density at radius 1 is 1.23 bits per heavy atom. The Morgan fingerprint density at radius 3 is 2.23 bits per heavy atom. The Kier molecular flexibility index (Phi) is 5.96. The molecule has 0 nitrogen and oxygen atoms in total. The van der Waals surface area contributed by atoms with Gasteiger partial charge in [0.2, 0.25) is 0 Å². The first-order chi connectivity index (χ1) is 6.11. The van der Waals surface area contributed by atoms with E-state index >= 15 is 0 Å². The van der Waals surface area contributed by atoms with E-state index in [0.717, 1.165) is 12.0 Å². The average Bonchev–Trinajstić information content (AvgIpc) is 2.11. The van der Waals surface area contributed by atoms with Crippen LogP contribution in [0.25, 0.3) is 0 Å². The molecule has 0 aromatic rings. The van der Waals surface area contributed by atoms with Gasteiger partial charge in [-0.2, -0.15) is 0 Å². The summed E-state index contributed by atoms with van der Waals surface area (Å²) in [5.74, 6) is 0. The van der Waals surface area contributed by atoms with Crippen LogP contribution in [0.3, 0.4) is 0 Å². The molecule has 0 radical (unpaired) electrons. The first-order valence-electron chi connectivity index (χ1n) is 4.77. The third-order valence-electron chi connectivity index (χ3n) is 1.94. The summed E-state index contributed by atoms with van der Waals surface area (Å²) in [4.78, 5) is 0. The topological polar surface area (TPSA) is 0 Å². The first kappa shape index (κ1) is 12.0. The summed E-state index contributed by atoms with van der Waals surface area (Å²) in [6.07, 6.45) is 9.51. The molecule has 0 amide bonds. The third kappa shape index (κ3) is 5.24. The lowest BCUT2D eigenvalue weighted by Gasteiger charge is -1.98. The second-order valence-corrected chi connectivity index (χ2v) is 3.27. The van der Waals surface area contributed by atoms with Crippen LogP contribution in [-0.4, -0.2) is 0 Å². The van der Waals surface area contributed by atoms with E-state index < -0.39 is 0 Å². The predicted molar refractivity (Wildman–Crippen MR) is 61.8 cm³/mol. The zero-order chi connectivity index (χ0) is 10.3. The monoisotopic (exact) mass is 176 g/mol. The van der Waals surface area contributed by atoms with Gasteiger partial charge in [-0.25, -0.2) is 0 Å². The number of allylic oxidation sites excluding steroid dienone is 7. The van der Waals surface area contributed by atoms with E-state index in [2.05, 4.69) is 38.7 Å². The fourth-order valence-corrected chi connectivity index (χ4v) is 0.870. The predicted octanol–water partition coefficient (Wildman–Crippen LogP) is 4.42. The van der Waals surface area contributed by atoms with Crippen molar-refractivity contribution in [3.05, 3.63) is 47.6 Å². The molecule has 0 atom stereocenters. The lowest BCUT2D eigenvalue weighted by Crippen LogP contribution is -1.78. The van der Waals surface area contributed by atoms with E-state index in [0.29, 0.717) is 0 Å².